The van der Waals surface area contributed by atoms with Gasteiger partial charge in [0, 0.05) is 25.4 Å². The Morgan fingerprint density at radius 3 is 2.35 bits per heavy atom. The average molecular weight is 490 g/mol. The second kappa shape index (κ2) is 9.87. The van der Waals surface area contributed by atoms with Gasteiger partial charge in [0.15, 0.2) is 39.1 Å². The molecule has 0 saturated heterocycles. The highest BCUT2D eigenvalue weighted by atomic mass is 32.2. The van der Waals surface area contributed by atoms with E-state index in [1.165, 1.54) is 32.7 Å². The number of para-hydroxylation sites is 2. The van der Waals surface area contributed by atoms with Gasteiger partial charge in [-0.1, -0.05) is 12.1 Å². The zero-order valence-electron chi connectivity index (χ0n) is 18.3. The molecule has 4 rings (SSSR count). The molecule has 0 aliphatic rings. The van der Waals surface area contributed by atoms with Crippen LogP contribution in [0.1, 0.15) is 0 Å². The van der Waals surface area contributed by atoms with Gasteiger partial charge in [-0.2, -0.15) is 8.78 Å². The molecular weight excluding hydrogens is 470 g/mol. The van der Waals surface area contributed by atoms with E-state index in [1.54, 1.807) is 42.1 Å². The van der Waals surface area contributed by atoms with Crippen molar-refractivity contribution in [1.82, 2.24) is 19.5 Å². The van der Waals surface area contributed by atoms with Crippen molar-refractivity contribution >= 4 is 39.3 Å². The topological polar surface area (TPSA) is 112 Å². The van der Waals surface area contributed by atoms with Gasteiger partial charge in [0.1, 0.15) is 5.75 Å². The third-order valence-corrected chi connectivity index (χ3v) is 5.53. The van der Waals surface area contributed by atoms with E-state index in [4.69, 9.17) is 9.47 Å². The Morgan fingerprint density at radius 1 is 1.06 bits per heavy atom. The molecule has 1 unspecified atom stereocenters. The number of aromatic nitrogens is 4. The molecule has 34 heavy (non-hydrogen) atoms. The minimum atomic E-state index is -3.04. The fraction of sp³-hybridized carbons (Fsp3) is 0.190. The Balaban J connectivity index is 1.79. The smallest absolute Gasteiger partial charge is 0.387 e. The summed E-state index contributed by atoms with van der Waals surface area (Å²) in [6, 6.07) is 9.67. The van der Waals surface area contributed by atoms with E-state index in [1.807, 2.05) is 0 Å². The summed E-state index contributed by atoms with van der Waals surface area (Å²) in [7, 11) is 2.77. The van der Waals surface area contributed by atoms with Crippen LogP contribution >= 0.6 is 0 Å². The molecule has 10 nitrogen and oxygen atoms in total. The third kappa shape index (κ3) is 4.98. The number of alkyl halides is 2. The van der Waals surface area contributed by atoms with Gasteiger partial charge in [-0.15, -0.1) is 0 Å². The normalized spacial score (nSPS) is 11.9. The highest BCUT2D eigenvalue weighted by molar-refractivity contribution is 7.86. The van der Waals surface area contributed by atoms with Crippen molar-refractivity contribution in [3.05, 3.63) is 48.9 Å². The molecule has 4 aromatic rings. The van der Waals surface area contributed by atoms with Gasteiger partial charge in [-0.05, 0) is 12.1 Å². The van der Waals surface area contributed by atoms with Crippen molar-refractivity contribution < 1.29 is 27.2 Å². The molecule has 0 aliphatic heterocycles. The number of nitrogens with one attached hydrogen (secondary N) is 2. The summed E-state index contributed by atoms with van der Waals surface area (Å²) in [4.78, 5) is 13.2. The largest absolute Gasteiger partial charge is 0.493 e. The molecule has 2 aromatic carbocycles. The zero-order chi connectivity index (χ0) is 24.2. The first-order valence-electron chi connectivity index (χ1n) is 9.79. The fourth-order valence-corrected chi connectivity index (χ4v) is 3.94. The molecule has 0 spiro atoms. The van der Waals surface area contributed by atoms with Crippen molar-refractivity contribution in [2.75, 3.05) is 24.3 Å². The predicted octanol–water partition coefficient (Wildman–Crippen LogP) is 3.86. The quantitative estimate of drug-likeness (QED) is 0.364. The molecule has 0 bridgehead atoms. The number of aryl methyl sites for hydroxylation is 1. The van der Waals surface area contributed by atoms with Crippen molar-refractivity contribution in [1.29, 1.82) is 0 Å². The maximum absolute atomic E-state index is 12.9. The number of benzene rings is 2. The molecule has 1 atom stereocenters. The number of hydrogen-bond acceptors (Lipinski definition) is 8. The highest BCUT2D eigenvalue weighted by Gasteiger charge is 2.19. The summed E-state index contributed by atoms with van der Waals surface area (Å²) >= 11 is 0. The van der Waals surface area contributed by atoms with Crippen molar-refractivity contribution in [3.8, 4) is 17.2 Å². The molecule has 178 valence electrons. The van der Waals surface area contributed by atoms with Gasteiger partial charge >= 0.3 is 6.61 Å². The average Bonchev–Trinajstić information content (AvgIpc) is 3.25. The number of hydrogen-bond donors (Lipinski definition) is 2. The number of nitrogens with zero attached hydrogens (tertiary/aromatic N) is 4. The monoisotopic (exact) mass is 490 g/mol. The molecular formula is C21H20F2N6O4S. The molecule has 0 fully saturated rings. The summed E-state index contributed by atoms with van der Waals surface area (Å²) in [6.07, 6.45) is 3.12. The van der Waals surface area contributed by atoms with Crippen molar-refractivity contribution in [3.63, 3.8) is 0 Å². The SMILES string of the molecule is COc1cc(OC(F)F)cc(Nc2nc3ccccc3nc2NS(=O)c2cn(C)cn2)c1OC. The van der Waals surface area contributed by atoms with E-state index in [0.717, 1.165) is 0 Å². The summed E-state index contributed by atoms with van der Waals surface area (Å²) in [5.41, 5.74) is 1.31. The first-order chi connectivity index (χ1) is 16.4. The van der Waals surface area contributed by atoms with Gasteiger partial charge < -0.3 is 24.1 Å². The molecule has 0 amide bonds. The number of anilines is 3. The number of halogens is 2. The Morgan fingerprint density at radius 2 is 1.76 bits per heavy atom. The lowest BCUT2D eigenvalue weighted by molar-refractivity contribution is -0.0499. The molecule has 2 aromatic heterocycles. The lowest BCUT2D eigenvalue weighted by atomic mass is 10.2. The van der Waals surface area contributed by atoms with Crippen LogP contribution in [0.5, 0.6) is 17.2 Å². The van der Waals surface area contributed by atoms with E-state index >= 15 is 0 Å². The maximum Gasteiger partial charge on any atom is 0.387 e. The van der Waals surface area contributed by atoms with Crippen molar-refractivity contribution in [2.45, 2.75) is 11.6 Å². The van der Waals surface area contributed by atoms with Crippen LogP contribution in [0, 0.1) is 0 Å². The van der Waals surface area contributed by atoms with Crippen LogP contribution in [0.15, 0.2) is 53.9 Å². The van der Waals surface area contributed by atoms with Gasteiger partial charge in [0.2, 0.25) is 0 Å². The first-order valence-corrected chi connectivity index (χ1v) is 10.9. The minimum absolute atomic E-state index is 0.142. The summed E-state index contributed by atoms with van der Waals surface area (Å²) in [6.45, 7) is -3.04. The van der Waals surface area contributed by atoms with Crippen LogP contribution in [-0.4, -0.2) is 44.6 Å². The maximum atomic E-state index is 12.9. The van der Waals surface area contributed by atoms with E-state index in [9.17, 15) is 13.0 Å². The van der Waals surface area contributed by atoms with Crippen LogP contribution < -0.4 is 24.2 Å². The summed E-state index contributed by atoms with van der Waals surface area (Å²) in [5, 5.41) is 3.30. The Hall–Kier alpha value is -4.00. The Labute approximate surface area is 195 Å². The number of imidazole rings is 1. The van der Waals surface area contributed by atoms with E-state index in [0.29, 0.717) is 11.0 Å². The van der Waals surface area contributed by atoms with Gasteiger partial charge in [-0.3, -0.25) is 4.72 Å². The second-order valence-corrected chi connectivity index (χ2v) is 8.03. The molecule has 13 heteroatoms. The van der Waals surface area contributed by atoms with Crippen LogP contribution in [0.2, 0.25) is 0 Å². The summed E-state index contributed by atoms with van der Waals surface area (Å²) in [5.74, 6) is 0.524. The minimum Gasteiger partial charge on any atom is -0.493 e. The van der Waals surface area contributed by atoms with Crippen LogP contribution in [0.25, 0.3) is 11.0 Å². The second-order valence-electron chi connectivity index (χ2n) is 6.87. The van der Waals surface area contributed by atoms with Crippen LogP contribution in [0.4, 0.5) is 26.1 Å². The fourth-order valence-electron chi connectivity index (χ4n) is 3.11. The lowest BCUT2D eigenvalue weighted by Gasteiger charge is -2.18. The highest BCUT2D eigenvalue weighted by Crippen LogP contribution is 2.41. The number of methoxy groups -OCH3 is 2. The van der Waals surface area contributed by atoms with Crippen LogP contribution in [-0.2, 0) is 18.0 Å². The van der Waals surface area contributed by atoms with Crippen LogP contribution in [0.3, 0.4) is 0 Å². The van der Waals surface area contributed by atoms with Gasteiger partial charge in [0.05, 0.1) is 37.3 Å². The number of rotatable bonds is 9. The number of ether oxygens (including phenoxy) is 3. The predicted molar refractivity (Wildman–Crippen MR) is 122 cm³/mol. The molecule has 2 N–H and O–H groups in total. The summed E-state index contributed by atoms with van der Waals surface area (Å²) < 4.78 is 58.2. The molecule has 0 radical (unpaired) electrons. The zero-order valence-corrected chi connectivity index (χ0v) is 19.1. The van der Waals surface area contributed by atoms with E-state index in [2.05, 4.69) is 29.7 Å². The molecule has 2 heterocycles. The van der Waals surface area contributed by atoms with Gasteiger partial charge in [0.25, 0.3) is 0 Å². The third-order valence-electron chi connectivity index (χ3n) is 4.56. The van der Waals surface area contributed by atoms with Crippen molar-refractivity contribution in [2.24, 2.45) is 7.05 Å². The first kappa shape index (κ1) is 23.2. The number of fused-ring (bicyclic) bond motifs is 1. The Kier molecular flexibility index (Phi) is 6.72. The standard InChI is InChI=1S/C21H20F2N6O4S/c1-29-10-17(24-11-29)34(30)28-20-19(25-13-6-4-5-7-14(13)26-20)27-15-8-12(33-21(22)23)9-16(31-2)18(15)32-3/h4-11,21H,1-3H3,(H,25,27)(H,26,28). The molecule has 0 saturated carbocycles. The van der Waals surface area contributed by atoms with Gasteiger partial charge in [-0.25, -0.2) is 19.2 Å². The Bertz CT molecular complexity index is 1350. The lowest BCUT2D eigenvalue weighted by Crippen LogP contribution is -2.11. The van der Waals surface area contributed by atoms with E-state index < -0.39 is 17.6 Å². The van der Waals surface area contributed by atoms with E-state index in [-0.39, 0.29) is 39.6 Å². The molecule has 0 aliphatic carbocycles.